The number of benzene rings is 2. The van der Waals surface area contributed by atoms with E-state index in [1.54, 1.807) is 0 Å². The lowest BCUT2D eigenvalue weighted by Gasteiger charge is -2.35. The number of phenols is 1. The molecule has 4 aromatic rings. The van der Waals surface area contributed by atoms with Gasteiger partial charge in [-0.3, -0.25) is 4.90 Å². The number of anilines is 1. The zero-order valence-electron chi connectivity index (χ0n) is 24.7. The van der Waals surface area contributed by atoms with Crippen LogP contribution < -0.4 is 19.7 Å². The minimum absolute atomic E-state index is 0.0204. The van der Waals surface area contributed by atoms with E-state index in [2.05, 4.69) is 38.1 Å². The molecule has 3 aliphatic rings. The quantitative estimate of drug-likeness (QED) is 0.318. The van der Waals surface area contributed by atoms with Gasteiger partial charge in [0.2, 0.25) is 5.88 Å². The number of ether oxygens (including phenoxy) is 2. The maximum absolute atomic E-state index is 16.9. The van der Waals surface area contributed by atoms with Crippen molar-refractivity contribution in [2.24, 2.45) is 0 Å². The number of nitrogens with one attached hydrogen (secondary N) is 1. The molecule has 5 heterocycles. The fraction of sp³-hybridized carbons (Fsp3) is 0.424. The van der Waals surface area contributed by atoms with Crippen LogP contribution in [0.15, 0.2) is 24.3 Å². The van der Waals surface area contributed by atoms with E-state index < -0.39 is 11.6 Å². The highest BCUT2D eigenvalue weighted by atomic mass is 19.1. The molecular weight excluding hydrogens is 566 g/mol. The van der Waals surface area contributed by atoms with E-state index in [-0.39, 0.29) is 70.2 Å². The molecule has 2 fully saturated rings. The Morgan fingerprint density at radius 2 is 1.93 bits per heavy atom. The standard InChI is InChI=1S/C33H34F2N6O3/c1-4-22-24(34)8-7-19-16-21(42)17-23(26(19)22)29-28(35)30-27-31(39-33(38-30)44-18(2)25-6-5-13-40(25)3)41(14-15-43-32(27)37-29)20-9-11-36-12-10-20/h1,7-8,16-18,20,25,36,42H,5-6,9-15H2,2-3H3/t18-,25-/m0/s1. The average molecular weight is 601 g/mol. The number of phenolic OH excluding ortho intramolecular Hbond substituents is 1. The van der Waals surface area contributed by atoms with Crippen LogP contribution in [0.2, 0.25) is 0 Å². The Bertz CT molecular complexity index is 1810. The van der Waals surface area contributed by atoms with Gasteiger partial charge in [-0.2, -0.15) is 9.97 Å². The van der Waals surface area contributed by atoms with Crippen molar-refractivity contribution in [3.05, 3.63) is 41.5 Å². The molecule has 2 N–H and O–H groups in total. The number of hydrogen-bond acceptors (Lipinski definition) is 9. The number of halogens is 2. The van der Waals surface area contributed by atoms with Gasteiger partial charge in [0.05, 0.1) is 12.1 Å². The second kappa shape index (κ2) is 11.3. The summed E-state index contributed by atoms with van der Waals surface area (Å²) in [7, 11) is 2.07. The Balaban J connectivity index is 1.46. The minimum Gasteiger partial charge on any atom is -0.508 e. The predicted octanol–water partition coefficient (Wildman–Crippen LogP) is 4.62. The van der Waals surface area contributed by atoms with E-state index in [4.69, 9.17) is 20.9 Å². The minimum atomic E-state index is -0.766. The average Bonchev–Trinajstić information content (AvgIpc) is 3.37. The van der Waals surface area contributed by atoms with Gasteiger partial charge >= 0.3 is 6.01 Å². The second-order valence-electron chi connectivity index (χ2n) is 11.8. The zero-order chi connectivity index (χ0) is 30.5. The lowest BCUT2D eigenvalue weighted by atomic mass is 9.95. The molecule has 2 aromatic heterocycles. The van der Waals surface area contributed by atoms with Crippen molar-refractivity contribution in [3.8, 4) is 41.2 Å². The van der Waals surface area contributed by atoms with Crippen molar-refractivity contribution < 1.29 is 23.4 Å². The summed E-state index contributed by atoms with van der Waals surface area (Å²) in [6.45, 7) is 5.50. The van der Waals surface area contributed by atoms with E-state index >= 15 is 4.39 Å². The van der Waals surface area contributed by atoms with Crippen LogP contribution in [0.5, 0.6) is 17.6 Å². The highest BCUT2D eigenvalue weighted by Crippen LogP contribution is 2.43. The summed E-state index contributed by atoms with van der Waals surface area (Å²) < 4.78 is 44.3. The molecule has 0 saturated carbocycles. The van der Waals surface area contributed by atoms with Gasteiger partial charge in [0, 0.05) is 23.0 Å². The molecule has 0 bridgehead atoms. The summed E-state index contributed by atoms with van der Waals surface area (Å²) in [5.74, 6) is 1.52. The van der Waals surface area contributed by atoms with Crippen molar-refractivity contribution in [1.82, 2.24) is 25.2 Å². The molecule has 0 amide bonds. The van der Waals surface area contributed by atoms with Gasteiger partial charge in [-0.15, -0.1) is 6.42 Å². The molecule has 0 unspecified atom stereocenters. The molecule has 44 heavy (non-hydrogen) atoms. The van der Waals surface area contributed by atoms with E-state index in [1.807, 2.05) is 6.92 Å². The van der Waals surface area contributed by atoms with Crippen LogP contribution in [0.1, 0.15) is 38.2 Å². The number of nitrogens with zero attached hydrogens (tertiary/aromatic N) is 5. The topological polar surface area (TPSA) is 95.9 Å². The number of terminal acetylenes is 1. The maximum Gasteiger partial charge on any atom is 0.319 e. The van der Waals surface area contributed by atoms with Crippen LogP contribution in [-0.2, 0) is 0 Å². The van der Waals surface area contributed by atoms with Crippen LogP contribution in [0, 0.1) is 24.0 Å². The molecule has 11 heteroatoms. The summed E-state index contributed by atoms with van der Waals surface area (Å²) in [6, 6.07) is 5.92. The van der Waals surface area contributed by atoms with Crippen LogP contribution in [-0.4, -0.2) is 83.0 Å². The Kier molecular flexibility index (Phi) is 7.34. The molecule has 2 saturated heterocycles. The molecule has 228 valence electrons. The molecule has 0 radical (unpaired) electrons. The first-order valence-corrected chi connectivity index (χ1v) is 15.1. The Morgan fingerprint density at radius 1 is 1.11 bits per heavy atom. The largest absolute Gasteiger partial charge is 0.508 e. The van der Waals surface area contributed by atoms with Crippen LogP contribution in [0.25, 0.3) is 32.9 Å². The molecule has 2 atom stereocenters. The van der Waals surface area contributed by atoms with Gasteiger partial charge in [0.15, 0.2) is 5.82 Å². The monoisotopic (exact) mass is 600 g/mol. The summed E-state index contributed by atoms with van der Waals surface area (Å²) in [4.78, 5) is 18.6. The maximum atomic E-state index is 16.9. The third kappa shape index (κ3) is 4.82. The SMILES string of the molecule is C#Cc1c(F)ccc2cc(O)cc(-c3nc4c5c(nc(O[C@@H](C)[C@@H]6CCCN6C)nc5c3F)N(C3CCNCC3)CCO4)c12. The summed E-state index contributed by atoms with van der Waals surface area (Å²) in [5, 5.41) is 15.1. The number of piperidine rings is 1. The van der Waals surface area contributed by atoms with Gasteiger partial charge in [-0.05, 0) is 82.9 Å². The van der Waals surface area contributed by atoms with Gasteiger partial charge in [0.25, 0.3) is 0 Å². The molecule has 9 nitrogen and oxygen atoms in total. The summed E-state index contributed by atoms with van der Waals surface area (Å²) in [5.41, 5.74) is -0.0998. The van der Waals surface area contributed by atoms with Crippen molar-refractivity contribution in [3.63, 3.8) is 0 Å². The summed E-state index contributed by atoms with van der Waals surface area (Å²) >= 11 is 0. The Morgan fingerprint density at radius 3 is 2.68 bits per heavy atom. The van der Waals surface area contributed by atoms with Crippen LogP contribution >= 0.6 is 0 Å². The number of pyridine rings is 1. The Hall–Kier alpha value is -4.27. The number of likely N-dealkylation sites (N-methyl/N-ethyl adjacent to an activating group) is 1. The highest BCUT2D eigenvalue weighted by molar-refractivity contribution is 6.04. The van der Waals surface area contributed by atoms with Crippen molar-refractivity contribution in [1.29, 1.82) is 0 Å². The van der Waals surface area contributed by atoms with E-state index in [0.717, 1.165) is 45.3 Å². The fourth-order valence-electron chi connectivity index (χ4n) is 6.99. The Labute approximate surface area is 254 Å². The first kappa shape index (κ1) is 28.5. The molecule has 0 spiro atoms. The lowest BCUT2D eigenvalue weighted by Crippen LogP contribution is -2.45. The first-order valence-electron chi connectivity index (χ1n) is 15.1. The third-order valence-corrected chi connectivity index (χ3v) is 9.17. The second-order valence-corrected chi connectivity index (χ2v) is 11.8. The van der Waals surface area contributed by atoms with Crippen molar-refractivity contribution in [2.45, 2.75) is 50.8 Å². The van der Waals surface area contributed by atoms with Crippen LogP contribution in [0.3, 0.4) is 0 Å². The van der Waals surface area contributed by atoms with E-state index in [1.165, 1.54) is 24.3 Å². The number of aromatic nitrogens is 3. The number of fused-ring (bicyclic) bond motifs is 1. The summed E-state index contributed by atoms with van der Waals surface area (Å²) in [6.07, 6.45) is 9.32. The molecular formula is C33H34F2N6O3. The fourth-order valence-corrected chi connectivity index (χ4v) is 6.99. The van der Waals surface area contributed by atoms with Gasteiger partial charge in [0.1, 0.15) is 46.7 Å². The smallest absolute Gasteiger partial charge is 0.319 e. The number of likely N-dealkylation sites (tertiary alicyclic amines) is 1. The molecule has 0 aliphatic carbocycles. The first-order chi connectivity index (χ1) is 21.3. The van der Waals surface area contributed by atoms with Crippen molar-refractivity contribution in [2.75, 3.05) is 44.7 Å². The highest BCUT2D eigenvalue weighted by Gasteiger charge is 2.34. The lowest BCUT2D eigenvalue weighted by molar-refractivity contribution is 0.112. The van der Waals surface area contributed by atoms with Gasteiger partial charge in [-0.1, -0.05) is 12.0 Å². The number of hydrogen-bond donors (Lipinski definition) is 2. The molecule has 2 aromatic carbocycles. The van der Waals surface area contributed by atoms with Crippen molar-refractivity contribution >= 4 is 27.5 Å². The number of rotatable bonds is 5. The normalized spacial score (nSPS) is 20.0. The molecule has 7 rings (SSSR count). The van der Waals surface area contributed by atoms with Gasteiger partial charge < -0.3 is 24.8 Å². The van der Waals surface area contributed by atoms with Gasteiger partial charge in [-0.25, -0.2) is 13.8 Å². The van der Waals surface area contributed by atoms with Crippen LogP contribution in [0.4, 0.5) is 14.6 Å². The zero-order valence-corrected chi connectivity index (χ0v) is 24.7. The number of aromatic hydroxyl groups is 1. The van der Waals surface area contributed by atoms with E-state index in [9.17, 15) is 9.50 Å². The predicted molar refractivity (Wildman–Crippen MR) is 164 cm³/mol. The van der Waals surface area contributed by atoms with E-state index in [0.29, 0.717) is 23.1 Å². The molecule has 3 aliphatic heterocycles. The third-order valence-electron chi connectivity index (χ3n) is 9.17.